The molecule has 0 aliphatic heterocycles. The van der Waals surface area contributed by atoms with E-state index in [9.17, 15) is 5.11 Å². The van der Waals surface area contributed by atoms with Gasteiger partial charge in [0.1, 0.15) is 5.75 Å². The van der Waals surface area contributed by atoms with Gasteiger partial charge in [-0.05, 0) is 72.3 Å². The van der Waals surface area contributed by atoms with Gasteiger partial charge in [-0.25, -0.2) is 0 Å². The van der Waals surface area contributed by atoms with E-state index in [1.54, 1.807) is 0 Å². The summed E-state index contributed by atoms with van der Waals surface area (Å²) in [6.07, 6.45) is 0.836. The van der Waals surface area contributed by atoms with Gasteiger partial charge in [0.15, 0.2) is 0 Å². The Kier molecular flexibility index (Phi) is 3.81. The number of fused-ring (bicyclic) bond motifs is 1. The van der Waals surface area contributed by atoms with Crippen LogP contribution in [0.2, 0.25) is 0 Å². The van der Waals surface area contributed by atoms with Crippen molar-refractivity contribution in [3.63, 3.8) is 0 Å². The number of halogens is 2. The fourth-order valence-electron chi connectivity index (χ4n) is 2.30. The molecule has 0 aliphatic rings. The first-order valence-electron chi connectivity index (χ1n) is 6.28. The molecule has 20 heavy (non-hydrogen) atoms. The Hall–Kier alpha value is -1.32. The second-order valence-corrected chi connectivity index (χ2v) is 6.48. The second-order valence-electron chi connectivity index (χ2n) is 4.77. The second kappa shape index (κ2) is 5.58. The molecule has 0 unspecified atom stereocenters. The Morgan fingerprint density at radius 3 is 2.10 bits per heavy atom. The van der Waals surface area contributed by atoms with Gasteiger partial charge in [0.2, 0.25) is 0 Å². The number of hydrogen-bond donors (Lipinski definition) is 1. The first-order valence-corrected chi connectivity index (χ1v) is 7.86. The third kappa shape index (κ3) is 2.74. The third-order valence-electron chi connectivity index (χ3n) is 3.30. The van der Waals surface area contributed by atoms with Gasteiger partial charge in [0.05, 0.1) is 8.95 Å². The molecule has 3 rings (SSSR count). The maximum absolute atomic E-state index is 9.74. The Bertz CT molecular complexity index is 758. The lowest BCUT2D eigenvalue weighted by atomic mass is 10.0. The van der Waals surface area contributed by atoms with Crippen LogP contribution in [0.25, 0.3) is 10.8 Å². The van der Waals surface area contributed by atoms with Crippen molar-refractivity contribution in [3.05, 3.63) is 74.7 Å². The van der Waals surface area contributed by atoms with Crippen molar-refractivity contribution in [1.29, 1.82) is 0 Å². The molecule has 0 radical (unpaired) electrons. The Morgan fingerprint density at radius 2 is 1.40 bits per heavy atom. The van der Waals surface area contributed by atoms with Crippen molar-refractivity contribution in [2.75, 3.05) is 0 Å². The molecule has 0 saturated heterocycles. The lowest BCUT2D eigenvalue weighted by Gasteiger charge is -2.07. The van der Waals surface area contributed by atoms with Gasteiger partial charge in [-0.1, -0.05) is 42.5 Å². The van der Waals surface area contributed by atoms with Gasteiger partial charge in [-0.2, -0.15) is 0 Å². The van der Waals surface area contributed by atoms with Crippen LogP contribution in [0.3, 0.4) is 0 Å². The lowest BCUT2D eigenvalue weighted by Crippen LogP contribution is -1.89. The molecule has 3 aromatic carbocycles. The topological polar surface area (TPSA) is 20.2 Å². The van der Waals surface area contributed by atoms with Gasteiger partial charge in [-0.15, -0.1) is 0 Å². The molecule has 1 nitrogen and oxygen atoms in total. The number of hydrogen-bond acceptors (Lipinski definition) is 1. The van der Waals surface area contributed by atoms with Crippen LogP contribution in [0.1, 0.15) is 11.1 Å². The van der Waals surface area contributed by atoms with Crippen LogP contribution in [0.5, 0.6) is 5.75 Å². The molecule has 3 aromatic rings. The van der Waals surface area contributed by atoms with E-state index in [0.29, 0.717) is 8.95 Å². The smallest absolute Gasteiger partial charge is 0.143 e. The van der Waals surface area contributed by atoms with E-state index >= 15 is 0 Å². The monoisotopic (exact) mass is 390 g/mol. The van der Waals surface area contributed by atoms with Crippen LogP contribution >= 0.6 is 31.9 Å². The van der Waals surface area contributed by atoms with E-state index in [-0.39, 0.29) is 5.75 Å². The summed E-state index contributed by atoms with van der Waals surface area (Å²) < 4.78 is 1.42. The summed E-state index contributed by atoms with van der Waals surface area (Å²) in [7, 11) is 0. The van der Waals surface area contributed by atoms with Crippen molar-refractivity contribution < 1.29 is 5.11 Å². The van der Waals surface area contributed by atoms with Crippen molar-refractivity contribution in [3.8, 4) is 5.75 Å². The van der Waals surface area contributed by atoms with Crippen molar-refractivity contribution in [2.45, 2.75) is 6.42 Å². The average molecular weight is 392 g/mol. The summed E-state index contributed by atoms with van der Waals surface area (Å²) in [5.41, 5.74) is 2.41. The molecule has 0 spiro atoms. The zero-order chi connectivity index (χ0) is 14.1. The number of aromatic hydroxyl groups is 1. The normalized spacial score (nSPS) is 10.9. The maximum atomic E-state index is 9.74. The molecule has 0 aromatic heterocycles. The molecular formula is C17H12Br2O. The minimum atomic E-state index is 0.243. The van der Waals surface area contributed by atoms with E-state index in [2.05, 4.69) is 74.3 Å². The SMILES string of the molecule is Oc1c(Br)cc(Cc2ccc3ccccc3c2)cc1Br. The summed E-state index contributed by atoms with van der Waals surface area (Å²) in [5, 5.41) is 12.3. The van der Waals surface area contributed by atoms with Gasteiger partial charge < -0.3 is 5.11 Å². The summed E-state index contributed by atoms with van der Waals surface area (Å²) in [6.45, 7) is 0. The van der Waals surface area contributed by atoms with E-state index < -0.39 is 0 Å². The first kappa shape index (κ1) is 13.7. The fraction of sp³-hybridized carbons (Fsp3) is 0.0588. The standard InChI is InChI=1S/C17H12Br2O/c18-15-9-12(10-16(19)17(15)20)7-11-5-6-13-3-1-2-4-14(13)8-11/h1-6,8-10,20H,7H2. The first-order chi connectivity index (χ1) is 9.63. The third-order valence-corrected chi connectivity index (χ3v) is 4.51. The average Bonchev–Trinajstić information content (AvgIpc) is 2.44. The number of benzene rings is 3. The van der Waals surface area contributed by atoms with Crippen LogP contribution in [0.4, 0.5) is 0 Å². The minimum absolute atomic E-state index is 0.243. The maximum Gasteiger partial charge on any atom is 0.143 e. The molecular weight excluding hydrogens is 380 g/mol. The van der Waals surface area contributed by atoms with Gasteiger partial charge in [0.25, 0.3) is 0 Å². The zero-order valence-electron chi connectivity index (χ0n) is 10.6. The fourth-order valence-corrected chi connectivity index (χ4v) is 3.59. The summed E-state index contributed by atoms with van der Waals surface area (Å²) in [5.74, 6) is 0.243. The van der Waals surface area contributed by atoms with Crippen LogP contribution in [-0.4, -0.2) is 5.11 Å². The molecule has 3 heteroatoms. The molecule has 0 fully saturated rings. The van der Waals surface area contributed by atoms with Gasteiger partial charge in [-0.3, -0.25) is 0 Å². The number of rotatable bonds is 2. The number of phenols is 1. The Morgan fingerprint density at radius 1 is 0.750 bits per heavy atom. The van der Waals surface area contributed by atoms with Gasteiger partial charge >= 0.3 is 0 Å². The molecule has 0 aliphatic carbocycles. The highest BCUT2D eigenvalue weighted by Crippen LogP contribution is 2.34. The Labute approximate surface area is 134 Å². The van der Waals surface area contributed by atoms with Crippen molar-refractivity contribution in [1.82, 2.24) is 0 Å². The predicted octanol–water partition coefficient (Wildman–Crippen LogP) is 5.66. The lowest BCUT2D eigenvalue weighted by molar-refractivity contribution is 0.468. The largest absolute Gasteiger partial charge is 0.506 e. The Balaban J connectivity index is 1.96. The summed E-state index contributed by atoms with van der Waals surface area (Å²) in [6, 6.07) is 18.8. The highest BCUT2D eigenvalue weighted by molar-refractivity contribution is 9.11. The minimum Gasteiger partial charge on any atom is -0.506 e. The van der Waals surface area contributed by atoms with Crippen LogP contribution < -0.4 is 0 Å². The molecule has 0 saturated carbocycles. The summed E-state index contributed by atoms with van der Waals surface area (Å²) >= 11 is 6.74. The molecule has 0 atom stereocenters. The molecule has 1 N–H and O–H groups in total. The highest BCUT2D eigenvalue weighted by atomic mass is 79.9. The van der Waals surface area contributed by atoms with E-state index in [1.165, 1.54) is 16.3 Å². The quantitative estimate of drug-likeness (QED) is 0.597. The molecule has 100 valence electrons. The van der Waals surface area contributed by atoms with Crippen LogP contribution in [0.15, 0.2) is 63.5 Å². The van der Waals surface area contributed by atoms with E-state index in [4.69, 9.17) is 0 Å². The van der Waals surface area contributed by atoms with Crippen LogP contribution in [0, 0.1) is 0 Å². The zero-order valence-corrected chi connectivity index (χ0v) is 13.8. The van der Waals surface area contributed by atoms with E-state index in [1.807, 2.05) is 12.1 Å². The van der Waals surface area contributed by atoms with Crippen molar-refractivity contribution in [2.24, 2.45) is 0 Å². The van der Waals surface area contributed by atoms with Gasteiger partial charge in [0, 0.05) is 0 Å². The molecule has 0 amide bonds. The van der Waals surface area contributed by atoms with Crippen LogP contribution in [-0.2, 0) is 6.42 Å². The summed E-state index contributed by atoms with van der Waals surface area (Å²) in [4.78, 5) is 0. The highest BCUT2D eigenvalue weighted by Gasteiger charge is 2.06. The number of phenolic OH excluding ortho intramolecular Hbond substituents is 1. The molecule has 0 heterocycles. The van der Waals surface area contributed by atoms with E-state index in [0.717, 1.165) is 12.0 Å². The van der Waals surface area contributed by atoms with Crippen molar-refractivity contribution >= 4 is 42.6 Å². The molecule has 0 bridgehead atoms. The predicted molar refractivity (Wildman–Crippen MR) is 90.3 cm³/mol.